The Morgan fingerprint density at radius 1 is 1.24 bits per heavy atom. The molecule has 3 aromatic rings. The largest absolute Gasteiger partial charge is 0.464 e. The average Bonchev–Trinajstić information content (AvgIpc) is 3.07. The maximum atomic E-state index is 12.5. The number of rotatable bonds is 7. The first kappa shape index (κ1) is 17.3. The number of aromatic nitrogens is 3. The Bertz CT molecular complexity index is 918. The van der Waals surface area contributed by atoms with Crippen LogP contribution in [0, 0.1) is 0 Å². The predicted octanol–water partition coefficient (Wildman–Crippen LogP) is 3.25. The molecule has 0 aliphatic heterocycles. The molecule has 130 valence electrons. The lowest BCUT2D eigenvalue weighted by Crippen LogP contribution is -2.28. The summed E-state index contributed by atoms with van der Waals surface area (Å²) in [5.41, 5.74) is 0.695. The number of fused-ring (bicyclic) bond motifs is 1. The number of nitrogens with zero attached hydrogens (tertiary/aromatic N) is 3. The minimum Gasteiger partial charge on any atom is -0.464 e. The third kappa shape index (κ3) is 4.11. The topological polar surface area (TPSA) is 74.1 Å². The highest BCUT2D eigenvalue weighted by atomic mass is 32.1. The maximum Gasteiger partial charge on any atom is 0.327 e. The van der Waals surface area contributed by atoms with Crippen LogP contribution in [0.5, 0.6) is 0 Å². The summed E-state index contributed by atoms with van der Waals surface area (Å²) in [7, 11) is 0. The Labute approximate surface area is 149 Å². The lowest BCUT2D eigenvalue weighted by molar-refractivity contribution is -0.144. The van der Waals surface area contributed by atoms with E-state index in [1.54, 1.807) is 6.07 Å². The Morgan fingerprint density at radius 3 is 2.80 bits per heavy atom. The maximum absolute atomic E-state index is 12.5. The van der Waals surface area contributed by atoms with Crippen molar-refractivity contribution in [3.63, 3.8) is 0 Å². The quantitative estimate of drug-likeness (QED) is 0.479. The first-order chi connectivity index (χ1) is 12.2. The summed E-state index contributed by atoms with van der Waals surface area (Å²) < 4.78 is 6.19. The molecular formula is C18H19N3O3S. The van der Waals surface area contributed by atoms with Gasteiger partial charge in [0.05, 0.1) is 12.0 Å². The Balaban J connectivity index is 1.78. The molecule has 0 unspecified atom stereocenters. The third-order valence-electron chi connectivity index (χ3n) is 3.77. The number of benzene rings is 1. The van der Waals surface area contributed by atoms with Gasteiger partial charge in [0.15, 0.2) is 4.83 Å². The molecule has 0 spiro atoms. The monoisotopic (exact) mass is 357 g/mol. The molecule has 2 heterocycles. The number of esters is 1. The van der Waals surface area contributed by atoms with Gasteiger partial charge in [0.2, 0.25) is 0 Å². The summed E-state index contributed by atoms with van der Waals surface area (Å²) in [6.45, 7) is 2.23. The molecule has 0 radical (unpaired) electrons. The van der Waals surface area contributed by atoms with Crippen LogP contribution < -0.4 is 5.56 Å². The minimum absolute atomic E-state index is 0.218. The van der Waals surface area contributed by atoms with Gasteiger partial charge in [0, 0.05) is 4.88 Å². The zero-order valence-corrected chi connectivity index (χ0v) is 14.8. The molecular weight excluding hydrogens is 338 g/mol. The zero-order valence-electron chi connectivity index (χ0n) is 14.0. The van der Waals surface area contributed by atoms with Crippen molar-refractivity contribution < 1.29 is 9.53 Å². The van der Waals surface area contributed by atoms with E-state index in [-0.39, 0.29) is 12.1 Å². The van der Waals surface area contributed by atoms with Crippen molar-refractivity contribution in [1.29, 1.82) is 0 Å². The number of carbonyl (C=O) groups excluding carboxylic acids is 1. The molecule has 0 atom stereocenters. The van der Waals surface area contributed by atoms with Crippen molar-refractivity contribution in [2.75, 3.05) is 6.61 Å². The van der Waals surface area contributed by atoms with E-state index >= 15 is 0 Å². The fraction of sp³-hybridized carbons (Fsp3) is 0.333. The number of ether oxygens (including phenoxy) is 1. The number of hydrogen-bond donors (Lipinski definition) is 0. The Hall–Kier alpha value is -2.54. The van der Waals surface area contributed by atoms with Gasteiger partial charge in [-0.15, -0.1) is 16.4 Å². The molecule has 0 bridgehead atoms. The molecule has 0 amide bonds. The normalized spacial score (nSPS) is 10.9. The lowest BCUT2D eigenvalue weighted by atomic mass is 10.2. The molecule has 0 saturated carbocycles. The first-order valence-corrected chi connectivity index (χ1v) is 9.09. The van der Waals surface area contributed by atoms with Gasteiger partial charge < -0.3 is 4.74 Å². The van der Waals surface area contributed by atoms with Crippen LogP contribution in [0.2, 0.25) is 0 Å². The molecule has 3 rings (SSSR count). The smallest absolute Gasteiger partial charge is 0.327 e. The van der Waals surface area contributed by atoms with Crippen LogP contribution in [0.3, 0.4) is 0 Å². The summed E-state index contributed by atoms with van der Waals surface area (Å²) in [6.07, 6.45) is 2.89. The van der Waals surface area contributed by atoms with Crippen molar-refractivity contribution in [3.05, 3.63) is 46.8 Å². The van der Waals surface area contributed by atoms with Crippen LogP contribution in [0.25, 0.3) is 20.7 Å². The number of hydrogen-bond acceptors (Lipinski definition) is 6. The molecule has 0 N–H and O–H groups in total. The van der Waals surface area contributed by atoms with Gasteiger partial charge in [0.1, 0.15) is 6.54 Å². The second-order valence-corrected chi connectivity index (χ2v) is 6.71. The van der Waals surface area contributed by atoms with Gasteiger partial charge in [-0.1, -0.05) is 55.3 Å². The minimum atomic E-state index is -0.467. The van der Waals surface area contributed by atoms with Crippen LogP contribution >= 0.6 is 11.3 Å². The summed E-state index contributed by atoms with van der Waals surface area (Å²) >= 11 is 1.41. The second-order valence-electron chi connectivity index (χ2n) is 5.68. The van der Waals surface area contributed by atoms with Gasteiger partial charge in [-0.25, -0.2) is 0 Å². The summed E-state index contributed by atoms with van der Waals surface area (Å²) in [5.74, 6) is -0.467. The predicted molar refractivity (Wildman–Crippen MR) is 97.6 cm³/mol. The van der Waals surface area contributed by atoms with Crippen molar-refractivity contribution in [1.82, 2.24) is 15.0 Å². The standard InChI is InChI=1S/C18H19N3O3S/c1-2-3-7-10-24-16(22)12-21-18(23)14-11-15(25-17(14)19-20-21)13-8-5-4-6-9-13/h4-6,8-9,11H,2-3,7,10,12H2,1H3. The number of carbonyl (C=O) groups is 1. The second kappa shape index (κ2) is 8.02. The average molecular weight is 357 g/mol. The zero-order chi connectivity index (χ0) is 17.6. The molecule has 0 aliphatic carbocycles. The van der Waals surface area contributed by atoms with Gasteiger partial charge in [-0.05, 0) is 18.1 Å². The Morgan fingerprint density at radius 2 is 2.04 bits per heavy atom. The fourth-order valence-electron chi connectivity index (χ4n) is 2.44. The van der Waals surface area contributed by atoms with E-state index in [0.29, 0.717) is 16.8 Å². The molecule has 25 heavy (non-hydrogen) atoms. The molecule has 0 saturated heterocycles. The molecule has 2 aromatic heterocycles. The van der Waals surface area contributed by atoms with E-state index in [1.165, 1.54) is 11.3 Å². The number of unbranched alkanes of at least 4 members (excludes halogenated alkanes) is 2. The van der Waals surface area contributed by atoms with Gasteiger partial charge in [-0.3, -0.25) is 9.59 Å². The van der Waals surface area contributed by atoms with Crippen LogP contribution in [-0.2, 0) is 16.1 Å². The van der Waals surface area contributed by atoms with Gasteiger partial charge in [0.25, 0.3) is 5.56 Å². The van der Waals surface area contributed by atoms with E-state index in [1.807, 2.05) is 30.3 Å². The van der Waals surface area contributed by atoms with E-state index in [4.69, 9.17) is 4.74 Å². The van der Waals surface area contributed by atoms with Gasteiger partial charge >= 0.3 is 5.97 Å². The Kier molecular flexibility index (Phi) is 5.55. The SMILES string of the molecule is CCCCCOC(=O)Cn1nnc2sc(-c3ccccc3)cc2c1=O. The van der Waals surface area contributed by atoms with E-state index < -0.39 is 5.97 Å². The molecule has 7 heteroatoms. The summed E-state index contributed by atoms with van der Waals surface area (Å²) in [5, 5.41) is 8.41. The number of thiophene rings is 1. The fourth-order valence-corrected chi connectivity index (χ4v) is 3.41. The van der Waals surface area contributed by atoms with E-state index in [2.05, 4.69) is 17.2 Å². The van der Waals surface area contributed by atoms with E-state index in [9.17, 15) is 9.59 Å². The molecule has 1 aromatic carbocycles. The highest BCUT2D eigenvalue weighted by Gasteiger charge is 2.14. The third-order valence-corrected chi connectivity index (χ3v) is 4.84. The molecule has 0 aliphatic rings. The summed E-state index contributed by atoms with van der Waals surface area (Å²) in [6, 6.07) is 11.6. The van der Waals surface area contributed by atoms with Crippen molar-refractivity contribution in [2.24, 2.45) is 0 Å². The summed E-state index contributed by atoms with van der Waals surface area (Å²) in [4.78, 5) is 25.9. The van der Waals surface area contributed by atoms with Crippen LogP contribution in [0.15, 0.2) is 41.2 Å². The highest BCUT2D eigenvalue weighted by molar-refractivity contribution is 7.21. The van der Waals surface area contributed by atoms with Crippen LogP contribution in [-0.4, -0.2) is 27.6 Å². The highest BCUT2D eigenvalue weighted by Crippen LogP contribution is 2.30. The lowest BCUT2D eigenvalue weighted by Gasteiger charge is -2.05. The molecule has 6 nitrogen and oxygen atoms in total. The molecule has 0 fully saturated rings. The van der Waals surface area contributed by atoms with E-state index in [0.717, 1.165) is 34.4 Å². The van der Waals surface area contributed by atoms with Crippen molar-refractivity contribution in [3.8, 4) is 10.4 Å². The van der Waals surface area contributed by atoms with Crippen LogP contribution in [0.4, 0.5) is 0 Å². The first-order valence-electron chi connectivity index (χ1n) is 8.27. The van der Waals surface area contributed by atoms with Crippen molar-refractivity contribution in [2.45, 2.75) is 32.7 Å². The van der Waals surface area contributed by atoms with Crippen LogP contribution in [0.1, 0.15) is 26.2 Å². The van der Waals surface area contributed by atoms with Crippen molar-refractivity contribution >= 4 is 27.5 Å². The van der Waals surface area contributed by atoms with Gasteiger partial charge in [-0.2, -0.15) is 4.68 Å².